The second-order valence-electron chi connectivity index (χ2n) is 7.55. The zero-order valence-corrected chi connectivity index (χ0v) is 16.0. The van der Waals surface area contributed by atoms with Crippen LogP contribution in [0.2, 0.25) is 0 Å². The maximum Gasteiger partial charge on any atom is 0.312 e. The lowest BCUT2D eigenvalue weighted by Gasteiger charge is -2.43. The van der Waals surface area contributed by atoms with Gasteiger partial charge in [-0.25, -0.2) is 0 Å². The van der Waals surface area contributed by atoms with E-state index in [1.807, 2.05) is 20.8 Å². The Hall–Kier alpha value is -1.95. The fourth-order valence-corrected chi connectivity index (χ4v) is 4.03. The molecule has 6 nitrogen and oxygen atoms in total. The lowest BCUT2D eigenvalue weighted by atomic mass is 9.96. The van der Waals surface area contributed by atoms with Gasteiger partial charge in [0.1, 0.15) is 0 Å². The van der Waals surface area contributed by atoms with Crippen molar-refractivity contribution in [3.8, 4) is 0 Å². The van der Waals surface area contributed by atoms with E-state index in [4.69, 9.17) is 4.98 Å². The van der Waals surface area contributed by atoms with Crippen molar-refractivity contribution >= 4 is 11.8 Å². The number of amides is 2. The molecule has 4 bridgehead atoms. The zero-order valence-electron chi connectivity index (χ0n) is 16.0. The first-order chi connectivity index (χ1) is 11.7. The van der Waals surface area contributed by atoms with Gasteiger partial charge in [-0.1, -0.05) is 0 Å². The quantitative estimate of drug-likeness (QED) is 0.727. The Labute approximate surface area is 149 Å². The third kappa shape index (κ3) is 2.92. The highest BCUT2D eigenvalue weighted by Gasteiger charge is 2.41. The number of piperazine rings is 1. The van der Waals surface area contributed by atoms with E-state index in [9.17, 15) is 9.59 Å². The third-order valence-electron chi connectivity index (χ3n) is 5.79. The molecule has 3 aliphatic rings. The van der Waals surface area contributed by atoms with Crippen LogP contribution in [0.4, 0.5) is 0 Å². The third-order valence-corrected chi connectivity index (χ3v) is 5.79. The minimum atomic E-state index is -0.417. The van der Waals surface area contributed by atoms with E-state index in [2.05, 4.69) is 26.1 Å². The first-order valence-corrected chi connectivity index (χ1v) is 9.03. The molecule has 1 fully saturated rings. The van der Waals surface area contributed by atoms with E-state index in [0.717, 1.165) is 17.0 Å². The summed E-state index contributed by atoms with van der Waals surface area (Å²) in [6, 6.07) is -0.153. The van der Waals surface area contributed by atoms with Gasteiger partial charge in [-0.3, -0.25) is 14.6 Å². The molecule has 0 spiro atoms. The summed E-state index contributed by atoms with van der Waals surface area (Å²) in [6.07, 6.45) is 0. The minimum absolute atomic E-state index is 0.0296. The van der Waals surface area contributed by atoms with Crippen molar-refractivity contribution in [2.75, 3.05) is 13.1 Å². The molecule has 2 amide bonds. The van der Waals surface area contributed by atoms with Crippen LogP contribution in [0.5, 0.6) is 0 Å². The molecule has 0 saturated carbocycles. The minimum Gasteiger partial charge on any atom is -0.331 e. The topological polar surface area (TPSA) is 65.5 Å². The molecule has 0 radical (unpaired) electrons. The van der Waals surface area contributed by atoms with Crippen LogP contribution in [0.25, 0.3) is 0 Å². The van der Waals surface area contributed by atoms with Crippen molar-refractivity contribution in [3.63, 3.8) is 0 Å². The second kappa shape index (κ2) is 6.41. The normalized spacial score (nSPS) is 27.4. The Morgan fingerprint density at radius 3 is 2.32 bits per heavy atom. The number of aromatic nitrogens is 1. The average molecular weight is 344 g/mol. The van der Waals surface area contributed by atoms with E-state index in [0.29, 0.717) is 19.6 Å². The molecule has 0 aromatic carbocycles. The molecule has 1 saturated heterocycles. The highest BCUT2D eigenvalue weighted by atomic mass is 16.2. The molecule has 3 unspecified atom stereocenters. The molecule has 4 heterocycles. The summed E-state index contributed by atoms with van der Waals surface area (Å²) in [4.78, 5) is 33.7. The summed E-state index contributed by atoms with van der Waals surface area (Å²) >= 11 is 0. The summed E-state index contributed by atoms with van der Waals surface area (Å²) < 4.78 is 0. The van der Waals surface area contributed by atoms with Crippen molar-refractivity contribution in [3.05, 3.63) is 28.1 Å². The van der Waals surface area contributed by atoms with Crippen LogP contribution in [-0.2, 0) is 16.1 Å². The Balaban J connectivity index is 2.16. The van der Waals surface area contributed by atoms with Crippen LogP contribution < -0.4 is 5.32 Å². The molecule has 3 atom stereocenters. The van der Waals surface area contributed by atoms with Crippen LogP contribution in [0.1, 0.15) is 54.9 Å². The number of carbonyl (C=O) groups excluding carboxylic acids is 2. The number of nitrogens with one attached hydrogen (secondary N) is 1. The fourth-order valence-electron chi connectivity index (χ4n) is 4.03. The zero-order chi connectivity index (χ0) is 18.5. The van der Waals surface area contributed by atoms with E-state index in [-0.39, 0.29) is 18.1 Å². The number of hydrogen-bond acceptors (Lipinski definition) is 4. The van der Waals surface area contributed by atoms with Gasteiger partial charge in [0, 0.05) is 31.7 Å². The van der Waals surface area contributed by atoms with E-state index in [1.165, 1.54) is 11.1 Å². The van der Waals surface area contributed by atoms with Gasteiger partial charge in [0.05, 0.1) is 17.4 Å². The number of nitrogens with zero attached hydrogens (tertiary/aromatic N) is 3. The standard InChI is InChI=1S/C19H28N4O2/c1-10-8-22-9-11(2)23(19(25)18(22)24)15(6)17-14(5)12(3)13(4)16(21-17)7-20-10/h10-11,15,20H,7-9H2,1-6H3. The maximum absolute atomic E-state index is 12.8. The molecule has 25 heavy (non-hydrogen) atoms. The average Bonchev–Trinajstić information content (AvgIpc) is 2.55. The van der Waals surface area contributed by atoms with Gasteiger partial charge in [0.25, 0.3) is 0 Å². The van der Waals surface area contributed by atoms with Crippen molar-refractivity contribution in [2.45, 2.75) is 66.2 Å². The largest absolute Gasteiger partial charge is 0.331 e. The summed E-state index contributed by atoms with van der Waals surface area (Å²) in [5, 5.41) is 3.46. The van der Waals surface area contributed by atoms with Crippen LogP contribution >= 0.6 is 0 Å². The molecule has 3 aliphatic heterocycles. The van der Waals surface area contributed by atoms with Crippen LogP contribution in [0.3, 0.4) is 0 Å². The second-order valence-corrected chi connectivity index (χ2v) is 7.55. The van der Waals surface area contributed by atoms with E-state index in [1.54, 1.807) is 9.80 Å². The lowest BCUT2D eigenvalue weighted by Crippen LogP contribution is -2.61. The lowest BCUT2D eigenvalue weighted by molar-refractivity contribution is -0.161. The number of rotatable bonds is 0. The van der Waals surface area contributed by atoms with Crippen molar-refractivity contribution < 1.29 is 9.59 Å². The van der Waals surface area contributed by atoms with Crippen LogP contribution in [0, 0.1) is 20.8 Å². The maximum atomic E-state index is 12.8. The summed E-state index contributed by atoms with van der Waals surface area (Å²) in [7, 11) is 0. The van der Waals surface area contributed by atoms with E-state index < -0.39 is 11.8 Å². The first-order valence-electron chi connectivity index (χ1n) is 9.03. The number of hydrogen-bond donors (Lipinski definition) is 1. The highest BCUT2D eigenvalue weighted by Crippen LogP contribution is 2.30. The van der Waals surface area contributed by atoms with Gasteiger partial charge in [0.2, 0.25) is 0 Å². The highest BCUT2D eigenvalue weighted by molar-refractivity contribution is 6.35. The fraction of sp³-hybridized carbons (Fsp3) is 0.632. The van der Waals surface area contributed by atoms with Crippen LogP contribution in [0.15, 0.2) is 0 Å². The van der Waals surface area contributed by atoms with Crippen molar-refractivity contribution in [1.82, 2.24) is 20.1 Å². The van der Waals surface area contributed by atoms with E-state index >= 15 is 0 Å². The predicted octanol–water partition coefficient (Wildman–Crippen LogP) is 1.62. The Bertz CT molecular complexity index is 731. The molecule has 1 aromatic rings. The van der Waals surface area contributed by atoms with Gasteiger partial charge in [-0.05, 0) is 58.2 Å². The Kier molecular flexibility index (Phi) is 4.58. The SMILES string of the molecule is Cc1c2nc(c(C)c1C)C(C)N1C(=O)C(=O)N(CC(C)NC2)CC1C. The molecule has 136 valence electrons. The van der Waals surface area contributed by atoms with Crippen LogP contribution in [-0.4, -0.2) is 51.8 Å². The van der Waals surface area contributed by atoms with Gasteiger partial charge in [0.15, 0.2) is 0 Å². The summed E-state index contributed by atoms with van der Waals surface area (Å²) in [5.41, 5.74) is 5.43. The van der Waals surface area contributed by atoms with Gasteiger partial charge < -0.3 is 15.1 Å². The summed E-state index contributed by atoms with van der Waals surface area (Å²) in [5.74, 6) is -0.819. The smallest absolute Gasteiger partial charge is 0.312 e. The molecule has 1 aromatic heterocycles. The van der Waals surface area contributed by atoms with Gasteiger partial charge in [-0.15, -0.1) is 0 Å². The number of pyridine rings is 1. The number of carbonyl (C=O) groups is 2. The number of fused-ring (bicyclic) bond motifs is 5. The molecule has 0 aliphatic carbocycles. The molecule has 4 rings (SSSR count). The molecule has 1 N–H and O–H groups in total. The monoisotopic (exact) mass is 344 g/mol. The van der Waals surface area contributed by atoms with Crippen molar-refractivity contribution in [1.29, 1.82) is 0 Å². The Morgan fingerprint density at radius 1 is 0.960 bits per heavy atom. The summed E-state index contributed by atoms with van der Waals surface area (Å²) in [6.45, 7) is 14.1. The predicted molar refractivity (Wildman–Crippen MR) is 96.1 cm³/mol. The van der Waals surface area contributed by atoms with Crippen molar-refractivity contribution in [2.24, 2.45) is 0 Å². The molecular formula is C19H28N4O2. The molecular weight excluding hydrogens is 316 g/mol. The van der Waals surface area contributed by atoms with Gasteiger partial charge in [-0.2, -0.15) is 0 Å². The Morgan fingerprint density at radius 2 is 1.64 bits per heavy atom. The molecule has 6 heteroatoms. The van der Waals surface area contributed by atoms with Gasteiger partial charge >= 0.3 is 11.8 Å². The first kappa shape index (κ1) is 17.9.